The molecule has 114 valence electrons. The maximum Gasteiger partial charge on any atom is 0.253 e. The number of hydroxylamine groups is 1. The van der Waals surface area contributed by atoms with Crippen molar-refractivity contribution in [3.8, 4) is 0 Å². The molecule has 1 aromatic carbocycles. The molecule has 0 aromatic heterocycles. The number of hydrogen-bond donors (Lipinski definition) is 0. The van der Waals surface area contributed by atoms with Gasteiger partial charge in [0.1, 0.15) is 0 Å². The SMILES string of the molecule is CC(C)(C)ON(C=O)c1ccc(C(=O)N2CCCC2)cc1. The first-order valence-electron chi connectivity index (χ1n) is 7.24. The first-order valence-corrected chi connectivity index (χ1v) is 7.24. The fraction of sp³-hybridized carbons (Fsp3) is 0.500. The summed E-state index contributed by atoms with van der Waals surface area (Å²) in [5.41, 5.74) is 0.783. The van der Waals surface area contributed by atoms with Gasteiger partial charge >= 0.3 is 0 Å². The maximum atomic E-state index is 12.2. The Hall–Kier alpha value is -1.88. The van der Waals surface area contributed by atoms with Crippen LogP contribution >= 0.6 is 0 Å². The van der Waals surface area contributed by atoms with Crippen LogP contribution < -0.4 is 5.06 Å². The number of amides is 2. The van der Waals surface area contributed by atoms with Crippen LogP contribution in [0, 0.1) is 0 Å². The molecule has 1 aromatic rings. The van der Waals surface area contributed by atoms with Gasteiger partial charge in [-0.15, -0.1) is 0 Å². The average molecular weight is 290 g/mol. The standard InChI is InChI=1S/C16H22N2O3/c1-16(2,3)21-18(12-19)14-8-6-13(7-9-14)15(20)17-10-4-5-11-17/h6-9,12H,4-5,10-11H2,1-3H3. The zero-order chi connectivity index (χ0) is 15.5. The summed E-state index contributed by atoms with van der Waals surface area (Å²) in [5.74, 6) is 0.0495. The minimum atomic E-state index is -0.467. The largest absolute Gasteiger partial charge is 0.339 e. The van der Waals surface area contributed by atoms with Crippen molar-refractivity contribution in [2.45, 2.75) is 39.2 Å². The van der Waals surface area contributed by atoms with E-state index in [0.717, 1.165) is 25.9 Å². The molecule has 0 bridgehead atoms. The third-order valence-electron chi connectivity index (χ3n) is 3.23. The highest BCUT2D eigenvalue weighted by atomic mass is 16.7. The van der Waals surface area contributed by atoms with Crippen molar-refractivity contribution in [1.29, 1.82) is 0 Å². The van der Waals surface area contributed by atoms with Crippen LogP contribution in [0.5, 0.6) is 0 Å². The maximum absolute atomic E-state index is 12.2. The number of rotatable bonds is 4. The molecule has 1 saturated heterocycles. The lowest BCUT2D eigenvalue weighted by Crippen LogP contribution is -2.33. The highest BCUT2D eigenvalue weighted by molar-refractivity contribution is 5.95. The van der Waals surface area contributed by atoms with Crippen molar-refractivity contribution in [1.82, 2.24) is 4.90 Å². The molecule has 0 aliphatic carbocycles. The number of nitrogens with zero attached hydrogens (tertiary/aromatic N) is 2. The topological polar surface area (TPSA) is 49.9 Å². The van der Waals surface area contributed by atoms with Gasteiger partial charge in [0.2, 0.25) is 6.41 Å². The number of anilines is 1. The van der Waals surface area contributed by atoms with E-state index in [-0.39, 0.29) is 5.91 Å². The van der Waals surface area contributed by atoms with E-state index in [9.17, 15) is 9.59 Å². The third-order valence-corrected chi connectivity index (χ3v) is 3.23. The fourth-order valence-corrected chi connectivity index (χ4v) is 2.28. The monoisotopic (exact) mass is 290 g/mol. The first-order chi connectivity index (χ1) is 9.90. The van der Waals surface area contributed by atoms with Gasteiger partial charge in [0.05, 0.1) is 11.3 Å². The molecule has 1 fully saturated rings. The van der Waals surface area contributed by atoms with Crippen molar-refractivity contribution in [3.63, 3.8) is 0 Å². The lowest BCUT2D eigenvalue weighted by atomic mass is 10.2. The van der Waals surface area contributed by atoms with E-state index in [2.05, 4.69) is 0 Å². The quantitative estimate of drug-likeness (QED) is 0.632. The van der Waals surface area contributed by atoms with Gasteiger partial charge in [-0.3, -0.25) is 14.4 Å². The zero-order valence-electron chi connectivity index (χ0n) is 12.8. The summed E-state index contributed by atoms with van der Waals surface area (Å²) >= 11 is 0. The van der Waals surface area contributed by atoms with Crippen molar-refractivity contribution < 1.29 is 14.4 Å². The van der Waals surface area contributed by atoms with Crippen molar-refractivity contribution >= 4 is 18.0 Å². The van der Waals surface area contributed by atoms with E-state index in [1.807, 2.05) is 25.7 Å². The molecule has 0 atom stereocenters. The van der Waals surface area contributed by atoms with Crippen molar-refractivity contribution in [2.75, 3.05) is 18.2 Å². The summed E-state index contributed by atoms with van der Waals surface area (Å²) in [6.07, 6.45) is 2.77. The highest BCUT2D eigenvalue weighted by Gasteiger charge is 2.21. The Kier molecular flexibility index (Phi) is 4.63. The summed E-state index contributed by atoms with van der Waals surface area (Å²) in [4.78, 5) is 30.8. The van der Waals surface area contributed by atoms with Crippen LogP contribution in [0.15, 0.2) is 24.3 Å². The Morgan fingerprint density at radius 1 is 1.19 bits per heavy atom. The molecule has 0 saturated carbocycles. The van der Waals surface area contributed by atoms with Crippen molar-refractivity contribution in [2.24, 2.45) is 0 Å². The second-order valence-corrected chi connectivity index (χ2v) is 6.18. The summed E-state index contributed by atoms with van der Waals surface area (Å²) in [5, 5.41) is 1.18. The van der Waals surface area contributed by atoms with Crippen LogP contribution in [0.3, 0.4) is 0 Å². The van der Waals surface area contributed by atoms with Gasteiger partial charge in [0.15, 0.2) is 0 Å². The van der Waals surface area contributed by atoms with Crippen LogP contribution in [-0.2, 0) is 9.63 Å². The third kappa shape index (κ3) is 4.04. The molecule has 1 aliphatic heterocycles. The van der Waals surface area contributed by atoms with Gasteiger partial charge in [0, 0.05) is 18.7 Å². The average Bonchev–Trinajstić information content (AvgIpc) is 2.97. The van der Waals surface area contributed by atoms with Gasteiger partial charge in [-0.2, -0.15) is 5.06 Å². The normalized spacial score (nSPS) is 15.1. The summed E-state index contributed by atoms with van der Waals surface area (Å²) in [6, 6.07) is 6.92. The summed E-state index contributed by atoms with van der Waals surface area (Å²) < 4.78 is 0. The van der Waals surface area contributed by atoms with Crippen LogP contribution in [0.25, 0.3) is 0 Å². The van der Waals surface area contributed by atoms with Gasteiger partial charge < -0.3 is 4.90 Å². The highest BCUT2D eigenvalue weighted by Crippen LogP contribution is 2.20. The van der Waals surface area contributed by atoms with E-state index < -0.39 is 5.60 Å². The second-order valence-electron chi connectivity index (χ2n) is 6.18. The van der Waals surface area contributed by atoms with E-state index in [1.165, 1.54) is 5.06 Å². The molecule has 5 heteroatoms. The summed E-state index contributed by atoms with van der Waals surface area (Å²) in [7, 11) is 0. The summed E-state index contributed by atoms with van der Waals surface area (Å²) in [6.45, 7) is 7.26. The van der Waals surface area contributed by atoms with E-state index in [4.69, 9.17) is 4.84 Å². The molecule has 2 amide bonds. The predicted octanol–water partition coefficient (Wildman–Crippen LogP) is 2.62. The van der Waals surface area contributed by atoms with E-state index in [0.29, 0.717) is 17.7 Å². The Morgan fingerprint density at radius 2 is 1.76 bits per heavy atom. The van der Waals surface area contributed by atoms with Crippen LogP contribution in [-0.4, -0.2) is 35.9 Å². The van der Waals surface area contributed by atoms with E-state index in [1.54, 1.807) is 24.3 Å². The van der Waals surface area contributed by atoms with Crippen molar-refractivity contribution in [3.05, 3.63) is 29.8 Å². The molecule has 1 heterocycles. The van der Waals surface area contributed by atoms with Gasteiger partial charge in [-0.25, -0.2) is 0 Å². The molecular weight excluding hydrogens is 268 g/mol. The van der Waals surface area contributed by atoms with Crippen LogP contribution in [0.2, 0.25) is 0 Å². The van der Waals surface area contributed by atoms with Crippen LogP contribution in [0.4, 0.5) is 5.69 Å². The molecule has 0 N–H and O–H groups in total. The van der Waals surface area contributed by atoms with Crippen LogP contribution in [0.1, 0.15) is 44.0 Å². The second kappa shape index (κ2) is 6.26. The molecule has 1 aliphatic rings. The molecule has 21 heavy (non-hydrogen) atoms. The van der Waals surface area contributed by atoms with Gasteiger partial charge in [-0.1, -0.05) is 0 Å². The minimum absolute atomic E-state index is 0.0495. The molecule has 0 radical (unpaired) electrons. The Balaban J connectivity index is 2.10. The Morgan fingerprint density at radius 3 is 2.24 bits per heavy atom. The smallest absolute Gasteiger partial charge is 0.253 e. The Labute approximate surface area is 125 Å². The lowest BCUT2D eigenvalue weighted by molar-refractivity contribution is -0.120. The van der Waals surface area contributed by atoms with Gasteiger partial charge in [-0.05, 0) is 57.9 Å². The molecule has 0 spiro atoms. The molecular formula is C16H22N2O3. The van der Waals surface area contributed by atoms with Gasteiger partial charge in [0.25, 0.3) is 5.91 Å². The minimum Gasteiger partial charge on any atom is -0.339 e. The van der Waals surface area contributed by atoms with E-state index >= 15 is 0 Å². The Bertz CT molecular complexity index is 499. The first kappa shape index (κ1) is 15.5. The molecule has 5 nitrogen and oxygen atoms in total. The molecule has 0 unspecified atom stereocenters. The number of hydrogen-bond acceptors (Lipinski definition) is 3. The number of carbonyl (C=O) groups excluding carboxylic acids is 2. The number of likely N-dealkylation sites (tertiary alicyclic amines) is 1. The molecule has 2 rings (SSSR count). The number of carbonyl (C=O) groups is 2. The predicted molar refractivity (Wildman–Crippen MR) is 81.0 cm³/mol. The zero-order valence-corrected chi connectivity index (χ0v) is 12.8. The lowest BCUT2D eigenvalue weighted by Gasteiger charge is -2.26. The fourth-order valence-electron chi connectivity index (χ4n) is 2.28. The number of benzene rings is 1.